The number of rotatable bonds is 11. The van der Waals surface area contributed by atoms with Crippen LogP contribution in [-0.4, -0.2) is 18.1 Å². The number of allylic oxidation sites excluding steroid dienone is 12. The van der Waals surface area contributed by atoms with Crippen molar-refractivity contribution in [3.8, 4) is 0 Å². The first-order chi connectivity index (χ1) is 19.3. The number of hydrogen-bond donors (Lipinski definition) is 2. The van der Waals surface area contributed by atoms with Gasteiger partial charge in [0.1, 0.15) is 0 Å². The molecule has 2 aromatic rings. The highest BCUT2D eigenvalue weighted by atomic mass is 14.7. The first kappa shape index (κ1) is 35.6. The molecule has 2 N–H and O–H groups in total. The summed E-state index contributed by atoms with van der Waals surface area (Å²) in [6, 6.07) is 18.0. The van der Waals surface area contributed by atoms with Gasteiger partial charge in [-0.05, 0) is 81.3 Å². The van der Waals surface area contributed by atoms with Gasteiger partial charge in [-0.2, -0.15) is 0 Å². The van der Waals surface area contributed by atoms with Crippen LogP contribution >= 0.6 is 0 Å². The summed E-state index contributed by atoms with van der Waals surface area (Å²) in [5.74, 6) is 0. The van der Waals surface area contributed by atoms with E-state index in [1.54, 1.807) is 12.2 Å². The molecule has 0 saturated carbocycles. The maximum absolute atomic E-state index is 8.52. The molecule has 0 fully saturated rings. The van der Waals surface area contributed by atoms with E-state index in [-0.39, 0.29) is 0 Å². The third-order valence-corrected chi connectivity index (χ3v) is 5.46. The fourth-order valence-electron chi connectivity index (χ4n) is 3.25. The molecule has 2 aromatic carbocycles. The minimum absolute atomic E-state index is 0.387. The average Bonchev–Trinajstić information content (AvgIpc) is 2.99. The lowest BCUT2D eigenvalue weighted by Gasteiger charge is -2.08. The molecule has 0 heterocycles. The third kappa shape index (κ3) is 14.0. The van der Waals surface area contributed by atoms with E-state index in [9.17, 15) is 0 Å². The van der Waals surface area contributed by atoms with Crippen LogP contribution in [0.4, 0.5) is 0 Å². The van der Waals surface area contributed by atoms with Crippen LogP contribution in [0.5, 0.6) is 0 Å². The molecule has 0 bridgehead atoms. The maximum Gasteiger partial charge on any atom is 0.0635 e. The van der Waals surface area contributed by atoms with Crippen LogP contribution in [0.25, 0.3) is 0 Å². The number of aliphatic imine (C=N–C) groups is 1. The quantitative estimate of drug-likeness (QED) is 0.213. The zero-order valence-corrected chi connectivity index (χ0v) is 25.5. The summed E-state index contributed by atoms with van der Waals surface area (Å²) in [4.78, 5) is 4.16. The van der Waals surface area contributed by atoms with Crippen molar-refractivity contribution in [2.45, 2.75) is 54.9 Å². The van der Waals surface area contributed by atoms with E-state index in [4.69, 9.17) is 10.8 Å². The Morgan fingerprint density at radius 2 is 1.38 bits per heavy atom. The largest absolute Gasteiger partial charge is 0.305 e. The zero-order valence-electron chi connectivity index (χ0n) is 25.5. The summed E-state index contributed by atoms with van der Waals surface area (Å²) in [6.07, 6.45) is 17.5. The number of aryl methyl sites for hydroxylation is 2. The molecule has 0 amide bonds. The highest BCUT2D eigenvalue weighted by Crippen LogP contribution is 2.20. The van der Waals surface area contributed by atoms with E-state index in [1.807, 2.05) is 107 Å². The fourth-order valence-corrected chi connectivity index (χ4v) is 3.25. The normalized spacial score (nSPS) is 12.3. The van der Waals surface area contributed by atoms with Crippen molar-refractivity contribution in [1.29, 1.82) is 10.8 Å². The molecule has 2 rings (SSSR count). The van der Waals surface area contributed by atoms with Crippen LogP contribution in [-0.2, 0) is 0 Å². The van der Waals surface area contributed by atoms with E-state index in [1.165, 1.54) is 11.1 Å². The molecule has 0 aromatic heterocycles. The fraction of sp³-hybridized carbons (Fsp3) is 0.216. The molecule has 0 aliphatic rings. The van der Waals surface area contributed by atoms with Crippen molar-refractivity contribution in [2.24, 2.45) is 4.99 Å². The second kappa shape index (κ2) is 21.6. The molecule has 0 atom stereocenters. The number of nitrogens with zero attached hydrogens (tertiary/aromatic N) is 1. The highest BCUT2D eigenvalue weighted by Gasteiger charge is 2.06. The van der Waals surface area contributed by atoms with Gasteiger partial charge in [0.25, 0.3) is 0 Å². The Morgan fingerprint density at radius 3 is 1.82 bits per heavy atom. The SMILES string of the molecule is C=CC(=C\C=C/C)/C(/C=C(\C=C(/C=C\C)C(=N)CC)N=C)=C/C(=N)c1ccccc1.CC.Cc1ccc(C)cc1. The van der Waals surface area contributed by atoms with Gasteiger partial charge in [-0.3, -0.25) is 4.99 Å². The van der Waals surface area contributed by atoms with Crippen molar-refractivity contribution in [2.75, 3.05) is 0 Å². The zero-order chi connectivity index (χ0) is 30.3. The van der Waals surface area contributed by atoms with Crippen LogP contribution in [0.3, 0.4) is 0 Å². The standard InChI is InChI=1S/C27H31N3.C8H10.C2H6/c1-6-10-15-21(8-3)24(20-27(29)22-16-12-11-13-17-22)19-25(30-5)18-23(14-7-2)26(28)9-4;1-7-3-5-8(2)6-4-7;1-2/h6-8,10-20,28-29H,3,5,9H2,1-2,4H3;3-6H,1-2H3;1-2H3/b10-6-,14-7-,21-15+,23-18+,24-20+,25-19+,28-26?,29-27?;;. The molecule has 0 saturated heterocycles. The number of benzene rings is 2. The minimum atomic E-state index is 0.387. The first-order valence-electron chi connectivity index (χ1n) is 13.7. The second-order valence-corrected chi connectivity index (χ2v) is 8.55. The monoisotopic (exact) mass is 533 g/mol. The summed E-state index contributed by atoms with van der Waals surface area (Å²) in [5, 5.41) is 16.7. The lowest BCUT2D eigenvalue weighted by Crippen LogP contribution is -1.99. The second-order valence-electron chi connectivity index (χ2n) is 8.55. The average molecular weight is 534 g/mol. The van der Waals surface area contributed by atoms with Crippen LogP contribution in [0.15, 0.2) is 143 Å². The molecule has 0 aliphatic heterocycles. The van der Waals surface area contributed by atoms with E-state index in [0.29, 0.717) is 23.5 Å². The van der Waals surface area contributed by atoms with E-state index in [2.05, 4.69) is 56.4 Å². The van der Waals surface area contributed by atoms with Crippen LogP contribution in [0, 0.1) is 24.7 Å². The van der Waals surface area contributed by atoms with Crippen molar-refractivity contribution >= 4 is 18.1 Å². The predicted octanol–water partition coefficient (Wildman–Crippen LogP) is 10.5. The number of nitrogens with one attached hydrogen (secondary N) is 2. The Balaban J connectivity index is 0.00000128. The Hall–Kier alpha value is -4.37. The van der Waals surface area contributed by atoms with Crippen LogP contribution in [0.2, 0.25) is 0 Å². The van der Waals surface area contributed by atoms with Crippen LogP contribution < -0.4 is 0 Å². The van der Waals surface area contributed by atoms with Crippen LogP contribution in [0.1, 0.15) is 57.7 Å². The summed E-state index contributed by atoms with van der Waals surface area (Å²) in [5.41, 5.74) is 7.45. The molecule has 0 spiro atoms. The van der Waals surface area contributed by atoms with Gasteiger partial charge < -0.3 is 10.8 Å². The summed E-state index contributed by atoms with van der Waals surface area (Å²) >= 11 is 0. The summed E-state index contributed by atoms with van der Waals surface area (Å²) in [7, 11) is 0. The Kier molecular flexibility index (Phi) is 19.2. The van der Waals surface area contributed by atoms with Crippen molar-refractivity contribution in [3.63, 3.8) is 0 Å². The van der Waals surface area contributed by atoms with Gasteiger partial charge in [0.2, 0.25) is 0 Å². The molecule has 0 aliphatic carbocycles. The Labute approximate surface area is 243 Å². The summed E-state index contributed by atoms with van der Waals surface area (Å²) in [6.45, 7) is 21.6. The smallest absolute Gasteiger partial charge is 0.0635 e. The molecule has 3 heteroatoms. The van der Waals surface area contributed by atoms with Crippen molar-refractivity contribution in [3.05, 3.63) is 155 Å². The van der Waals surface area contributed by atoms with Crippen molar-refractivity contribution < 1.29 is 0 Å². The van der Waals surface area contributed by atoms with Gasteiger partial charge in [-0.25, -0.2) is 0 Å². The lowest BCUT2D eigenvalue weighted by molar-refractivity contribution is 1.24. The lowest BCUT2D eigenvalue weighted by atomic mass is 9.99. The van der Waals surface area contributed by atoms with Gasteiger partial charge in [0.05, 0.1) is 11.4 Å². The van der Waals surface area contributed by atoms with Gasteiger partial charge in [-0.15, -0.1) is 0 Å². The topological polar surface area (TPSA) is 60.1 Å². The molecule has 0 unspecified atom stereocenters. The Bertz CT molecular complexity index is 1240. The molecular formula is C37H47N3. The van der Waals surface area contributed by atoms with E-state index < -0.39 is 0 Å². The van der Waals surface area contributed by atoms with Crippen molar-refractivity contribution in [1.82, 2.24) is 0 Å². The first-order valence-corrected chi connectivity index (χ1v) is 13.7. The molecule has 210 valence electrons. The molecule has 40 heavy (non-hydrogen) atoms. The molecule has 0 radical (unpaired) electrons. The number of hydrogen-bond acceptors (Lipinski definition) is 3. The minimum Gasteiger partial charge on any atom is -0.305 e. The Morgan fingerprint density at radius 1 is 0.800 bits per heavy atom. The maximum atomic E-state index is 8.52. The van der Waals surface area contributed by atoms with Gasteiger partial charge in [-0.1, -0.05) is 130 Å². The van der Waals surface area contributed by atoms with Gasteiger partial charge in [0.15, 0.2) is 0 Å². The predicted molar refractivity (Wildman–Crippen MR) is 180 cm³/mol. The van der Waals surface area contributed by atoms with Gasteiger partial charge in [0, 0.05) is 5.71 Å². The molecular weight excluding hydrogens is 486 g/mol. The highest BCUT2D eigenvalue weighted by molar-refractivity contribution is 6.07. The van der Waals surface area contributed by atoms with E-state index >= 15 is 0 Å². The van der Waals surface area contributed by atoms with E-state index in [0.717, 1.165) is 22.3 Å². The third-order valence-electron chi connectivity index (χ3n) is 5.46. The summed E-state index contributed by atoms with van der Waals surface area (Å²) < 4.78 is 0. The molecule has 3 nitrogen and oxygen atoms in total. The van der Waals surface area contributed by atoms with Gasteiger partial charge >= 0.3 is 0 Å².